The molecule has 1 aromatic carbocycles. The number of rotatable bonds is 2. The summed E-state index contributed by atoms with van der Waals surface area (Å²) in [5.74, 6) is 0.789. The highest BCUT2D eigenvalue weighted by atomic mass is 32.2. The summed E-state index contributed by atoms with van der Waals surface area (Å²) < 4.78 is 4.99. The third-order valence-electron chi connectivity index (χ3n) is 3.78. The average molecular weight is 302 g/mol. The Morgan fingerprint density at radius 3 is 2.86 bits per heavy atom. The molecule has 0 amide bonds. The van der Waals surface area contributed by atoms with Crippen molar-refractivity contribution in [1.29, 1.82) is 0 Å². The van der Waals surface area contributed by atoms with Gasteiger partial charge in [-0.1, -0.05) is 42.1 Å². The molecule has 0 radical (unpaired) electrons. The summed E-state index contributed by atoms with van der Waals surface area (Å²) >= 11 is 1.76. The summed E-state index contributed by atoms with van der Waals surface area (Å²) in [5, 5.41) is 1.01. The molecule has 2 heterocycles. The molecule has 1 fully saturated rings. The lowest BCUT2D eigenvalue weighted by Crippen LogP contribution is -2.42. The molecular weight excluding hydrogens is 284 g/mol. The van der Waals surface area contributed by atoms with Crippen molar-refractivity contribution in [2.24, 2.45) is 4.99 Å². The molecule has 0 N–H and O–H groups in total. The number of hydrogen-bond acceptors (Lipinski definition) is 5. The van der Waals surface area contributed by atoms with Gasteiger partial charge in [0.15, 0.2) is 5.17 Å². The number of esters is 1. The van der Waals surface area contributed by atoms with Crippen LogP contribution in [-0.2, 0) is 9.53 Å². The van der Waals surface area contributed by atoms with Crippen molar-refractivity contribution in [1.82, 2.24) is 4.90 Å². The highest BCUT2D eigenvalue weighted by Crippen LogP contribution is 2.39. The van der Waals surface area contributed by atoms with E-state index < -0.39 is 0 Å². The van der Waals surface area contributed by atoms with Crippen LogP contribution in [-0.4, -0.2) is 35.4 Å². The predicted molar refractivity (Wildman–Crippen MR) is 85.1 cm³/mol. The molecule has 1 atom stereocenters. The van der Waals surface area contributed by atoms with Gasteiger partial charge < -0.3 is 9.64 Å². The molecule has 4 nitrogen and oxygen atoms in total. The molecule has 0 spiro atoms. The second-order valence-corrected chi connectivity index (χ2v) is 6.16. The van der Waals surface area contributed by atoms with Gasteiger partial charge in [-0.25, -0.2) is 9.79 Å². The first-order chi connectivity index (χ1) is 10.2. The monoisotopic (exact) mass is 302 g/mol. The standard InChI is InChI=1S/C16H18N2O2S/c1-11-13(15(19)20-2)14(12-7-4-3-5-8-12)18-9-6-10-21-16(18)17-11/h3-5,7-8,14H,6,9-10H2,1-2H3/t14-/m0/s1. The molecule has 5 heteroatoms. The van der Waals surface area contributed by atoms with Crippen LogP contribution in [0.15, 0.2) is 46.6 Å². The second kappa shape index (κ2) is 5.93. The van der Waals surface area contributed by atoms with Gasteiger partial charge in [-0.05, 0) is 18.9 Å². The number of fused-ring (bicyclic) bond motifs is 1. The van der Waals surface area contributed by atoms with E-state index in [1.165, 1.54) is 7.11 Å². The van der Waals surface area contributed by atoms with Gasteiger partial charge in [-0.2, -0.15) is 0 Å². The van der Waals surface area contributed by atoms with Gasteiger partial charge in [0.25, 0.3) is 0 Å². The normalized spacial score (nSPS) is 21.7. The average Bonchev–Trinajstić information content (AvgIpc) is 2.53. The first-order valence-electron chi connectivity index (χ1n) is 7.04. The minimum atomic E-state index is -0.292. The van der Waals surface area contributed by atoms with E-state index >= 15 is 0 Å². The van der Waals surface area contributed by atoms with Gasteiger partial charge in [0.1, 0.15) is 0 Å². The molecule has 0 aromatic heterocycles. The van der Waals surface area contributed by atoms with E-state index in [9.17, 15) is 4.79 Å². The van der Waals surface area contributed by atoms with Gasteiger partial charge in [0, 0.05) is 12.3 Å². The summed E-state index contributed by atoms with van der Waals surface area (Å²) in [7, 11) is 1.43. The fraction of sp³-hybridized carbons (Fsp3) is 0.375. The van der Waals surface area contributed by atoms with Crippen LogP contribution in [0, 0.1) is 0 Å². The lowest BCUT2D eigenvalue weighted by molar-refractivity contribution is -0.136. The van der Waals surface area contributed by atoms with Crippen molar-refractivity contribution in [3.05, 3.63) is 47.2 Å². The Morgan fingerprint density at radius 1 is 1.38 bits per heavy atom. The van der Waals surface area contributed by atoms with Crippen LogP contribution >= 0.6 is 11.8 Å². The van der Waals surface area contributed by atoms with Gasteiger partial charge in [-0.15, -0.1) is 0 Å². The number of aliphatic imine (C=N–C) groups is 1. The Kier molecular flexibility index (Phi) is 4.01. The number of hydrogen-bond donors (Lipinski definition) is 0. The number of nitrogens with zero attached hydrogens (tertiary/aromatic N) is 2. The maximum atomic E-state index is 12.3. The first kappa shape index (κ1) is 14.2. The number of carbonyl (C=O) groups excluding carboxylic acids is 1. The summed E-state index contributed by atoms with van der Waals surface area (Å²) in [5.41, 5.74) is 2.51. The molecule has 0 aliphatic carbocycles. The predicted octanol–water partition coefficient (Wildman–Crippen LogP) is 2.98. The molecule has 1 aromatic rings. The number of methoxy groups -OCH3 is 1. The van der Waals surface area contributed by atoms with Crippen LogP contribution in [0.1, 0.15) is 24.9 Å². The van der Waals surface area contributed by atoms with Crippen molar-refractivity contribution < 1.29 is 9.53 Å². The van der Waals surface area contributed by atoms with Crippen LogP contribution in [0.2, 0.25) is 0 Å². The van der Waals surface area contributed by atoms with Crippen molar-refractivity contribution in [3.63, 3.8) is 0 Å². The van der Waals surface area contributed by atoms with Crippen LogP contribution in [0.25, 0.3) is 0 Å². The van der Waals surface area contributed by atoms with Gasteiger partial charge in [-0.3, -0.25) is 0 Å². The van der Waals surface area contributed by atoms with E-state index in [1.807, 2.05) is 25.1 Å². The van der Waals surface area contributed by atoms with E-state index in [0.717, 1.165) is 35.1 Å². The number of carbonyl (C=O) groups is 1. The van der Waals surface area contributed by atoms with Crippen LogP contribution < -0.4 is 0 Å². The largest absolute Gasteiger partial charge is 0.466 e. The molecular formula is C16H18N2O2S. The molecule has 2 aliphatic heterocycles. The summed E-state index contributed by atoms with van der Waals surface area (Å²) in [6.07, 6.45) is 1.10. The van der Waals surface area contributed by atoms with Crippen molar-refractivity contribution in [2.75, 3.05) is 19.4 Å². The topological polar surface area (TPSA) is 41.9 Å². The highest BCUT2D eigenvalue weighted by molar-refractivity contribution is 8.13. The zero-order valence-electron chi connectivity index (χ0n) is 12.2. The first-order valence-corrected chi connectivity index (χ1v) is 8.03. The van der Waals surface area contributed by atoms with E-state index in [0.29, 0.717) is 5.57 Å². The molecule has 1 saturated heterocycles. The van der Waals surface area contributed by atoms with E-state index in [-0.39, 0.29) is 12.0 Å². The number of amidine groups is 1. The van der Waals surface area contributed by atoms with Crippen LogP contribution in [0.5, 0.6) is 0 Å². The Labute approximate surface area is 128 Å². The van der Waals surface area contributed by atoms with Crippen LogP contribution in [0.4, 0.5) is 0 Å². The minimum absolute atomic E-state index is 0.0982. The van der Waals surface area contributed by atoms with Crippen molar-refractivity contribution >= 4 is 22.9 Å². The van der Waals surface area contributed by atoms with E-state index in [2.05, 4.69) is 22.0 Å². The number of benzene rings is 1. The zero-order valence-corrected chi connectivity index (χ0v) is 13.0. The summed E-state index contributed by atoms with van der Waals surface area (Å²) in [6, 6.07) is 10.0. The number of ether oxygens (including phenoxy) is 1. The lowest BCUT2D eigenvalue weighted by atomic mass is 9.94. The summed E-state index contributed by atoms with van der Waals surface area (Å²) in [6.45, 7) is 2.81. The van der Waals surface area contributed by atoms with Crippen molar-refractivity contribution in [3.8, 4) is 0 Å². The molecule has 110 valence electrons. The van der Waals surface area contributed by atoms with E-state index in [4.69, 9.17) is 4.74 Å². The minimum Gasteiger partial charge on any atom is -0.466 e. The molecule has 0 saturated carbocycles. The van der Waals surface area contributed by atoms with Crippen LogP contribution in [0.3, 0.4) is 0 Å². The molecule has 0 bridgehead atoms. The molecule has 21 heavy (non-hydrogen) atoms. The fourth-order valence-corrected chi connectivity index (χ4v) is 3.84. The highest BCUT2D eigenvalue weighted by Gasteiger charge is 2.37. The van der Waals surface area contributed by atoms with Gasteiger partial charge in [0.2, 0.25) is 0 Å². The molecule has 2 aliphatic rings. The SMILES string of the molecule is COC(=O)C1=C(C)N=C2SCCCN2[C@H]1c1ccccc1. The van der Waals surface area contributed by atoms with E-state index in [1.54, 1.807) is 11.8 Å². The number of thioether (sulfide) groups is 1. The molecule has 3 rings (SSSR count). The second-order valence-electron chi connectivity index (χ2n) is 5.09. The maximum Gasteiger partial charge on any atom is 0.338 e. The third kappa shape index (κ3) is 2.58. The Morgan fingerprint density at radius 2 is 2.14 bits per heavy atom. The maximum absolute atomic E-state index is 12.3. The smallest absolute Gasteiger partial charge is 0.338 e. The Balaban J connectivity index is 2.11. The lowest BCUT2D eigenvalue weighted by Gasteiger charge is -2.40. The fourth-order valence-electron chi connectivity index (χ4n) is 2.82. The number of allylic oxidation sites excluding steroid dienone is 1. The zero-order chi connectivity index (χ0) is 14.8. The Bertz CT molecular complexity index is 610. The molecule has 0 unspecified atom stereocenters. The third-order valence-corrected chi connectivity index (χ3v) is 4.86. The van der Waals surface area contributed by atoms with Crippen molar-refractivity contribution in [2.45, 2.75) is 19.4 Å². The van der Waals surface area contributed by atoms with Gasteiger partial charge >= 0.3 is 5.97 Å². The quantitative estimate of drug-likeness (QED) is 0.788. The van der Waals surface area contributed by atoms with Gasteiger partial charge in [0.05, 0.1) is 24.4 Å². The Hall–Kier alpha value is -1.75. The summed E-state index contributed by atoms with van der Waals surface area (Å²) in [4.78, 5) is 19.1.